The van der Waals surface area contributed by atoms with Crippen molar-refractivity contribution in [2.24, 2.45) is 5.92 Å². The average molecular weight is 439 g/mol. The van der Waals surface area contributed by atoms with E-state index < -0.39 is 11.9 Å². The number of hydrogen-bond donors (Lipinski definition) is 1. The van der Waals surface area contributed by atoms with Crippen LogP contribution in [-0.4, -0.2) is 25.1 Å². The highest BCUT2D eigenvalue weighted by Gasteiger charge is 2.29. The summed E-state index contributed by atoms with van der Waals surface area (Å²) in [4.78, 5) is 26.6. The van der Waals surface area contributed by atoms with Crippen LogP contribution in [0.2, 0.25) is 0 Å². The van der Waals surface area contributed by atoms with E-state index in [0.717, 1.165) is 35.5 Å². The standard InChI is InChI=1S/C24H26N2O4S/c1-4-29-18-9-7-16(8-10-18)13-17(14-25)22(27)26-23-21(24(28)30-5-2)19-11-6-15(3)12-20(19)31-23/h7-10,13,15H,4-6,11-12H2,1-3H3,(H,26,27). The van der Waals surface area contributed by atoms with Gasteiger partial charge >= 0.3 is 5.97 Å². The summed E-state index contributed by atoms with van der Waals surface area (Å²) in [6, 6.07) is 9.10. The fourth-order valence-electron chi connectivity index (χ4n) is 3.57. The van der Waals surface area contributed by atoms with Crippen molar-refractivity contribution in [2.45, 2.75) is 40.0 Å². The minimum Gasteiger partial charge on any atom is -0.494 e. The van der Waals surface area contributed by atoms with Gasteiger partial charge in [0.05, 0.1) is 18.8 Å². The number of fused-ring (bicyclic) bond motifs is 1. The molecular formula is C24H26N2O4S. The average Bonchev–Trinajstić information content (AvgIpc) is 3.10. The molecule has 1 unspecified atom stereocenters. The maximum atomic E-state index is 12.9. The Morgan fingerprint density at radius 3 is 2.65 bits per heavy atom. The predicted octanol–water partition coefficient (Wildman–Crippen LogP) is 4.99. The van der Waals surface area contributed by atoms with Crippen molar-refractivity contribution in [3.8, 4) is 11.8 Å². The van der Waals surface area contributed by atoms with Crippen molar-refractivity contribution in [1.82, 2.24) is 0 Å². The molecule has 2 aromatic rings. The van der Waals surface area contributed by atoms with Crippen molar-refractivity contribution < 1.29 is 19.1 Å². The third-order valence-corrected chi connectivity index (χ3v) is 6.26. The molecule has 0 spiro atoms. The highest BCUT2D eigenvalue weighted by atomic mass is 32.1. The smallest absolute Gasteiger partial charge is 0.341 e. The molecule has 0 saturated heterocycles. The molecule has 1 atom stereocenters. The molecule has 7 heteroatoms. The Balaban J connectivity index is 1.87. The van der Waals surface area contributed by atoms with Gasteiger partial charge in [0.25, 0.3) is 5.91 Å². The number of hydrogen-bond acceptors (Lipinski definition) is 6. The van der Waals surface area contributed by atoms with Crippen LogP contribution in [0.25, 0.3) is 6.08 Å². The maximum Gasteiger partial charge on any atom is 0.341 e. The summed E-state index contributed by atoms with van der Waals surface area (Å²) in [7, 11) is 0. The van der Waals surface area contributed by atoms with Crippen LogP contribution in [0.1, 0.15) is 53.6 Å². The number of carbonyl (C=O) groups is 2. The van der Waals surface area contributed by atoms with E-state index in [0.29, 0.717) is 28.7 Å². The lowest BCUT2D eigenvalue weighted by Crippen LogP contribution is -2.17. The summed E-state index contributed by atoms with van der Waals surface area (Å²) >= 11 is 1.40. The number of carbonyl (C=O) groups excluding carboxylic acids is 2. The van der Waals surface area contributed by atoms with Crippen molar-refractivity contribution in [2.75, 3.05) is 18.5 Å². The largest absolute Gasteiger partial charge is 0.494 e. The number of nitriles is 1. The Morgan fingerprint density at radius 1 is 1.26 bits per heavy atom. The summed E-state index contributed by atoms with van der Waals surface area (Å²) in [6.07, 6.45) is 4.16. The summed E-state index contributed by atoms with van der Waals surface area (Å²) in [5, 5.41) is 12.8. The summed E-state index contributed by atoms with van der Waals surface area (Å²) in [5.74, 6) is 0.270. The monoisotopic (exact) mass is 438 g/mol. The second kappa shape index (κ2) is 10.3. The lowest BCUT2D eigenvalue weighted by Gasteiger charge is -2.18. The van der Waals surface area contributed by atoms with Crippen LogP contribution in [0.15, 0.2) is 29.8 Å². The highest BCUT2D eigenvalue weighted by molar-refractivity contribution is 7.17. The first-order valence-corrected chi connectivity index (χ1v) is 11.3. The molecule has 6 nitrogen and oxygen atoms in total. The van der Waals surface area contributed by atoms with Gasteiger partial charge in [0.1, 0.15) is 22.4 Å². The lowest BCUT2D eigenvalue weighted by molar-refractivity contribution is -0.112. The Hall–Kier alpha value is -3.11. The van der Waals surface area contributed by atoms with E-state index >= 15 is 0 Å². The fraction of sp³-hybridized carbons (Fsp3) is 0.375. The molecule has 1 aliphatic carbocycles. The van der Waals surface area contributed by atoms with Crippen LogP contribution in [0.5, 0.6) is 5.75 Å². The van der Waals surface area contributed by atoms with E-state index in [9.17, 15) is 14.9 Å². The van der Waals surface area contributed by atoms with Gasteiger partial charge in [-0.25, -0.2) is 4.79 Å². The number of thiophene rings is 1. The number of esters is 1. The molecule has 31 heavy (non-hydrogen) atoms. The first kappa shape index (κ1) is 22.6. The number of amides is 1. The molecule has 1 amide bonds. The van der Waals surface area contributed by atoms with E-state index in [1.807, 2.05) is 13.0 Å². The zero-order valence-corrected chi connectivity index (χ0v) is 18.8. The Kier molecular flexibility index (Phi) is 7.48. The topological polar surface area (TPSA) is 88.4 Å². The van der Waals surface area contributed by atoms with Gasteiger partial charge in [-0.05, 0) is 68.4 Å². The van der Waals surface area contributed by atoms with Crippen LogP contribution in [0.3, 0.4) is 0 Å². The molecule has 1 N–H and O–H groups in total. The number of ether oxygens (including phenoxy) is 2. The second-order valence-electron chi connectivity index (χ2n) is 7.40. The molecule has 0 fully saturated rings. The van der Waals surface area contributed by atoms with Gasteiger partial charge in [-0.3, -0.25) is 4.79 Å². The maximum absolute atomic E-state index is 12.9. The van der Waals surface area contributed by atoms with Crippen LogP contribution >= 0.6 is 11.3 Å². The van der Waals surface area contributed by atoms with E-state index in [4.69, 9.17) is 9.47 Å². The number of rotatable bonds is 7. The Bertz CT molecular complexity index is 1030. The van der Waals surface area contributed by atoms with Crippen molar-refractivity contribution in [3.63, 3.8) is 0 Å². The molecule has 0 radical (unpaired) electrons. The van der Waals surface area contributed by atoms with Crippen LogP contribution < -0.4 is 10.1 Å². The molecule has 0 saturated carbocycles. The number of anilines is 1. The third kappa shape index (κ3) is 5.33. The van der Waals surface area contributed by atoms with Gasteiger partial charge in [-0.1, -0.05) is 19.1 Å². The minimum atomic E-state index is -0.548. The molecule has 1 aromatic heterocycles. The molecule has 3 rings (SSSR count). The Morgan fingerprint density at radius 2 is 2.00 bits per heavy atom. The van der Waals surface area contributed by atoms with Crippen LogP contribution in [-0.2, 0) is 22.4 Å². The van der Waals surface area contributed by atoms with Crippen LogP contribution in [0, 0.1) is 17.2 Å². The number of benzene rings is 1. The highest BCUT2D eigenvalue weighted by Crippen LogP contribution is 2.40. The van der Waals surface area contributed by atoms with Gasteiger partial charge < -0.3 is 14.8 Å². The molecule has 1 aromatic carbocycles. The molecule has 1 heterocycles. The zero-order chi connectivity index (χ0) is 22.4. The summed E-state index contributed by atoms with van der Waals surface area (Å²) < 4.78 is 10.7. The minimum absolute atomic E-state index is 0.0429. The zero-order valence-electron chi connectivity index (χ0n) is 18.0. The van der Waals surface area contributed by atoms with Crippen molar-refractivity contribution >= 4 is 34.3 Å². The number of nitrogens with one attached hydrogen (secondary N) is 1. The first-order chi connectivity index (χ1) is 15.0. The van der Waals surface area contributed by atoms with E-state index in [2.05, 4.69) is 12.2 Å². The Labute approximate surface area is 186 Å². The van der Waals surface area contributed by atoms with Gasteiger partial charge in [0.2, 0.25) is 0 Å². The summed E-state index contributed by atoms with van der Waals surface area (Å²) in [6.45, 7) is 6.66. The molecule has 162 valence electrons. The quantitative estimate of drug-likeness (QED) is 0.374. The van der Waals surface area contributed by atoms with Crippen molar-refractivity contribution in [1.29, 1.82) is 5.26 Å². The van der Waals surface area contributed by atoms with Gasteiger partial charge in [-0.15, -0.1) is 11.3 Å². The van der Waals surface area contributed by atoms with E-state index in [1.165, 1.54) is 17.4 Å². The summed E-state index contributed by atoms with van der Waals surface area (Å²) in [5.41, 5.74) is 2.06. The van der Waals surface area contributed by atoms with Gasteiger partial charge in [0, 0.05) is 4.88 Å². The second-order valence-corrected chi connectivity index (χ2v) is 8.51. The van der Waals surface area contributed by atoms with Gasteiger partial charge in [-0.2, -0.15) is 5.26 Å². The van der Waals surface area contributed by atoms with Crippen LogP contribution in [0.4, 0.5) is 5.00 Å². The molecule has 1 aliphatic rings. The van der Waals surface area contributed by atoms with Gasteiger partial charge in [0.15, 0.2) is 0 Å². The van der Waals surface area contributed by atoms with E-state index in [1.54, 1.807) is 31.2 Å². The van der Waals surface area contributed by atoms with E-state index in [-0.39, 0.29) is 12.2 Å². The third-order valence-electron chi connectivity index (χ3n) is 5.09. The lowest BCUT2D eigenvalue weighted by atomic mass is 9.88. The number of nitrogens with zero attached hydrogens (tertiary/aromatic N) is 1. The fourth-order valence-corrected chi connectivity index (χ4v) is 4.96. The predicted molar refractivity (Wildman–Crippen MR) is 121 cm³/mol. The molecule has 0 bridgehead atoms. The first-order valence-electron chi connectivity index (χ1n) is 10.4. The molecular weight excluding hydrogens is 412 g/mol. The normalized spacial score (nSPS) is 15.5. The molecule has 0 aliphatic heterocycles. The van der Waals surface area contributed by atoms with Crippen molar-refractivity contribution in [3.05, 3.63) is 51.4 Å². The SMILES string of the molecule is CCOC(=O)c1c(NC(=O)C(C#N)=Cc2ccc(OCC)cc2)sc2c1CCC(C)C2.